The number of unbranched alkanes of at least 4 members (excludes halogenated alkanes) is 1. The lowest BCUT2D eigenvalue weighted by Gasteiger charge is -1.68. The summed E-state index contributed by atoms with van der Waals surface area (Å²) in [5.74, 6) is 0. The van der Waals surface area contributed by atoms with Crippen molar-refractivity contribution in [1.29, 1.82) is 0 Å². The summed E-state index contributed by atoms with van der Waals surface area (Å²) in [6.45, 7) is 1.98. The molecule has 0 aliphatic carbocycles. The van der Waals surface area contributed by atoms with Gasteiger partial charge in [-0.15, -0.1) is 24.0 Å². The molecule has 0 atom stereocenters. The molecule has 0 bridgehead atoms. The maximum absolute atomic E-state index is 9.40. The second-order valence-corrected chi connectivity index (χ2v) is 0.955. The number of hydrogen-bond donors (Lipinski definition) is 0. The zero-order chi connectivity index (χ0) is 4.12. The van der Waals surface area contributed by atoms with E-state index in [4.69, 9.17) is 0 Å². The fraction of sp³-hybridized carbons (Fsp3) is 0.750. The molecule has 0 spiro atoms. The molecule has 0 fully saturated rings. The molecule has 0 aliphatic heterocycles. The van der Waals surface area contributed by atoms with Gasteiger partial charge in [0.1, 0.15) is 6.29 Å². The number of rotatable bonds is 2. The maximum atomic E-state index is 9.40. The van der Waals surface area contributed by atoms with Crippen molar-refractivity contribution in [2.45, 2.75) is 19.8 Å². The molecule has 0 saturated heterocycles. The summed E-state index contributed by atoms with van der Waals surface area (Å²) in [5.41, 5.74) is 0. The molecule has 0 radical (unpaired) electrons. The molecule has 0 saturated carbocycles. The third-order valence-electron chi connectivity index (χ3n) is 0.407. The zero-order valence-electron chi connectivity index (χ0n) is 3.81. The van der Waals surface area contributed by atoms with Crippen LogP contribution in [0.15, 0.2) is 0 Å². The minimum Gasteiger partial charge on any atom is -0.303 e. The largest absolute Gasteiger partial charge is 0.303 e. The third kappa shape index (κ3) is 8.83. The highest BCUT2D eigenvalue weighted by molar-refractivity contribution is 14.0. The summed E-state index contributed by atoms with van der Waals surface area (Å²) >= 11 is 0. The van der Waals surface area contributed by atoms with Gasteiger partial charge in [0.15, 0.2) is 0 Å². The van der Waals surface area contributed by atoms with Crippen LogP contribution in [0.25, 0.3) is 0 Å². The van der Waals surface area contributed by atoms with Gasteiger partial charge in [0.05, 0.1) is 0 Å². The highest BCUT2D eigenvalue weighted by Gasteiger charge is 1.66. The Balaban J connectivity index is 0. The van der Waals surface area contributed by atoms with E-state index < -0.39 is 0 Å². The van der Waals surface area contributed by atoms with Crippen molar-refractivity contribution >= 4 is 30.3 Å². The van der Waals surface area contributed by atoms with Crippen LogP contribution in [0, 0.1) is 0 Å². The van der Waals surface area contributed by atoms with E-state index >= 15 is 0 Å². The van der Waals surface area contributed by atoms with Crippen molar-refractivity contribution < 1.29 is 4.79 Å². The number of hydrogen-bond acceptors (Lipinski definition) is 1. The van der Waals surface area contributed by atoms with Crippen LogP contribution in [-0.4, -0.2) is 6.29 Å². The summed E-state index contributed by atoms with van der Waals surface area (Å²) in [5, 5.41) is 0. The molecule has 0 unspecified atom stereocenters. The van der Waals surface area contributed by atoms with Gasteiger partial charge in [0, 0.05) is 6.42 Å². The first-order valence-corrected chi connectivity index (χ1v) is 1.85. The van der Waals surface area contributed by atoms with Crippen molar-refractivity contribution in [2.75, 3.05) is 0 Å². The molecule has 0 N–H and O–H groups in total. The van der Waals surface area contributed by atoms with Crippen LogP contribution >= 0.6 is 24.0 Å². The van der Waals surface area contributed by atoms with E-state index in [1.807, 2.05) is 6.92 Å². The Morgan fingerprint density at radius 1 is 1.67 bits per heavy atom. The van der Waals surface area contributed by atoms with E-state index in [2.05, 4.69) is 0 Å². The molecule has 0 aliphatic rings. The van der Waals surface area contributed by atoms with Crippen molar-refractivity contribution in [1.82, 2.24) is 0 Å². The van der Waals surface area contributed by atoms with Crippen molar-refractivity contribution in [3.8, 4) is 0 Å². The smallest absolute Gasteiger partial charge is 0.119 e. The van der Waals surface area contributed by atoms with Gasteiger partial charge in [-0.3, -0.25) is 0 Å². The predicted octanol–water partition coefficient (Wildman–Crippen LogP) is 1.60. The summed E-state index contributed by atoms with van der Waals surface area (Å²) in [6.07, 6.45) is 2.61. The van der Waals surface area contributed by atoms with E-state index in [1.54, 1.807) is 0 Å². The molecule has 38 valence electrons. The van der Waals surface area contributed by atoms with E-state index in [0.29, 0.717) is 6.42 Å². The molecule has 6 heavy (non-hydrogen) atoms. The minimum absolute atomic E-state index is 0. The molecule has 0 heterocycles. The highest BCUT2D eigenvalue weighted by atomic mass is 127. The van der Waals surface area contributed by atoms with Gasteiger partial charge in [-0.25, -0.2) is 0 Å². The topological polar surface area (TPSA) is 17.1 Å². The summed E-state index contributed by atoms with van der Waals surface area (Å²) in [6, 6.07) is 0. The Morgan fingerprint density at radius 3 is 2.17 bits per heavy atom. The lowest BCUT2D eigenvalue weighted by Crippen LogP contribution is -1.64. The molecule has 0 amide bonds. The fourth-order valence-electron chi connectivity index (χ4n) is 0.118. The Kier molecular flexibility index (Phi) is 14.5. The van der Waals surface area contributed by atoms with Crippen molar-refractivity contribution in [3.63, 3.8) is 0 Å². The molecule has 0 aromatic rings. The molecule has 1 nitrogen and oxygen atoms in total. The van der Waals surface area contributed by atoms with Gasteiger partial charge in [0.2, 0.25) is 0 Å². The minimum atomic E-state index is 0. The standard InChI is InChI=1S/C4H8O.HI/c1-2-3-4-5;/h4H,2-3H2,1H3;1H. The van der Waals surface area contributed by atoms with E-state index in [0.717, 1.165) is 12.7 Å². The first-order valence-electron chi connectivity index (χ1n) is 1.85. The Hall–Kier alpha value is 0.400. The second-order valence-electron chi connectivity index (χ2n) is 0.955. The van der Waals surface area contributed by atoms with Crippen LogP contribution in [0.1, 0.15) is 19.8 Å². The van der Waals surface area contributed by atoms with Crippen LogP contribution < -0.4 is 0 Å². The number of halogens is 1. The average Bonchev–Trinajstić information content (AvgIpc) is 1.41. The van der Waals surface area contributed by atoms with Gasteiger partial charge in [0.25, 0.3) is 0 Å². The number of aldehydes is 1. The van der Waals surface area contributed by atoms with Crippen molar-refractivity contribution in [3.05, 3.63) is 0 Å². The zero-order valence-corrected chi connectivity index (χ0v) is 6.14. The average molecular weight is 200 g/mol. The number of carbonyl (C=O) groups is 1. The van der Waals surface area contributed by atoms with Crippen molar-refractivity contribution in [2.24, 2.45) is 0 Å². The summed E-state index contributed by atoms with van der Waals surface area (Å²) in [4.78, 5) is 9.40. The predicted molar refractivity (Wildman–Crippen MR) is 36.4 cm³/mol. The molecule has 0 aromatic carbocycles. The highest BCUT2D eigenvalue weighted by Crippen LogP contribution is 1.74. The normalized spacial score (nSPS) is 6.17. The quantitative estimate of drug-likeness (QED) is 0.488. The monoisotopic (exact) mass is 200 g/mol. The summed E-state index contributed by atoms with van der Waals surface area (Å²) in [7, 11) is 0. The van der Waals surface area contributed by atoms with Gasteiger partial charge in [-0.2, -0.15) is 0 Å². The summed E-state index contributed by atoms with van der Waals surface area (Å²) < 4.78 is 0. The Morgan fingerprint density at radius 2 is 2.17 bits per heavy atom. The molecule has 2 heteroatoms. The van der Waals surface area contributed by atoms with E-state index in [-0.39, 0.29) is 24.0 Å². The van der Waals surface area contributed by atoms with Gasteiger partial charge >= 0.3 is 0 Å². The van der Waals surface area contributed by atoms with E-state index in [1.165, 1.54) is 0 Å². The first kappa shape index (κ1) is 9.64. The van der Waals surface area contributed by atoms with Crippen LogP contribution in [-0.2, 0) is 4.79 Å². The molecule has 0 aromatic heterocycles. The van der Waals surface area contributed by atoms with E-state index in [9.17, 15) is 4.79 Å². The third-order valence-corrected chi connectivity index (χ3v) is 0.407. The molecule has 0 rings (SSSR count). The second kappa shape index (κ2) is 9.04. The Labute approximate surface area is 55.1 Å². The molecular weight excluding hydrogens is 191 g/mol. The van der Waals surface area contributed by atoms with Gasteiger partial charge < -0.3 is 4.79 Å². The Bertz CT molecular complexity index is 28.7. The fourth-order valence-corrected chi connectivity index (χ4v) is 0.118. The maximum Gasteiger partial charge on any atom is 0.119 e. The lowest BCUT2D eigenvalue weighted by molar-refractivity contribution is -0.107. The van der Waals surface area contributed by atoms with Crippen LogP contribution in [0.2, 0.25) is 0 Å². The van der Waals surface area contributed by atoms with Gasteiger partial charge in [-0.05, 0) is 6.42 Å². The molecular formula is C4H9IO. The van der Waals surface area contributed by atoms with Crippen LogP contribution in [0.5, 0.6) is 0 Å². The lowest BCUT2D eigenvalue weighted by atomic mass is 10.4. The van der Waals surface area contributed by atoms with Crippen LogP contribution in [0.4, 0.5) is 0 Å². The SMILES string of the molecule is CCCC=O.I. The van der Waals surface area contributed by atoms with Gasteiger partial charge in [-0.1, -0.05) is 6.92 Å². The first-order chi connectivity index (χ1) is 2.41. The van der Waals surface area contributed by atoms with Crippen LogP contribution in [0.3, 0.4) is 0 Å². The number of carbonyl (C=O) groups excluding carboxylic acids is 1.